The number of hydrogen-bond acceptors (Lipinski definition) is 5. The van der Waals surface area contributed by atoms with Crippen molar-refractivity contribution in [3.05, 3.63) is 42.7 Å². The fraction of sp³-hybridized carbons (Fsp3) is 0.467. The average Bonchev–Trinajstić information content (AvgIpc) is 3.00. The summed E-state index contributed by atoms with van der Waals surface area (Å²) in [4.78, 5) is 8.40. The SMILES string of the molecule is Cn1ccnc1[C@H](NS(=O)(=O)c1cccnc1)C1CCOCC1. The quantitative estimate of drug-likeness (QED) is 0.888. The van der Waals surface area contributed by atoms with Gasteiger partial charge < -0.3 is 9.30 Å². The lowest BCUT2D eigenvalue weighted by Crippen LogP contribution is -2.37. The van der Waals surface area contributed by atoms with E-state index in [-0.39, 0.29) is 16.9 Å². The number of ether oxygens (including phenoxy) is 1. The second-order valence-corrected chi connectivity index (χ2v) is 7.35. The summed E-state index contributed by atoms with van der Waals surface area (Å²) in [6, 6.07) is 2.76. The van der Waals surface area contributed by atoms with E-state index in [9.17, 15) is 8.42 Å². The van der Waals surface area contributed by atoms with Gasteiger partial charge in [0.15, 0.2) is 0 Å². The van der Waals surface area contributed by atoms with Gasteiger partial charge in [-0.2, -0.15) is 0 Å². The van der Waals surface area contributed by atoms with Gasteiger partial charge in [-0.25, -0.2) is 18.1 Å². The number of nitrogens with zero attached hydrogens (tertiary/aromatic N) is 3. The van der Waals surface area contributed by atoms with E-state index < -0.39 is 10.0 Å². The molecule has 1 aliphatic rings. The highest BCUT2D eigenvalue weighted by Crippen LogP contribution is 2.30. The van der Waals surface area contributed by atoms with Crippen LogP contribution in [0.2, 0.25) is 0 Å². The van der Waals surface area contributed by atoms with Crippen molar-refractivity contribution in [3.63, 3.8) is 0 Å². The minimum Gasteiger partial charge on any atom is -0.381 e. The smallest absolute Gasteiger partial charge is 0.242 e. The molecule has 124 valence electrons. The van der Waals surface area contributed by atoms with E-state index in [0.717, 1.165) is 12.8 Å². The van der Waals surface area contributed by atoms with Gasteiger partial charge in [0, 0.05) is 45.0 Å². The van der Waals surface area contributed by atoms with E-state index in [1.54, 1.807) is 18.5 Å². The van der Waals surface area contributed by atoms with Crippen molar-refractivity contribution in [1.82, 2.24) is 19.3 Å². The Morgan fingerprint density at radius 3 is 2.74 bits per heavy atom. The van der Waals surface area contributed by atoms with Gasteiger partial charge in [-0.05, 0) is 30.9 Å². The fourth-order valence-corrected chi connectivity index (χ4v) is 4.05. The van der Waals surface area contributed by atoms with Crippen LogP contribution in [0.4, 0.5) is 0 Å². The predicted molar refractivity (Wildman–Crippen MR) is 84.1 cm³/mol. The summed E-state index contributed by atoms with van der Waals surface area (Å²) < 4.78 is 35.4. The topological polar surface area (TPSA) is 86.1 Å². The Labute approximate surface area is 135 Å². The molecule has 3 rings (SSSR count). The lowest BCUT2D eigenvalue weighted by atomic mass is 9.92. The van der Waals surface area contributed by atoms with Crippen LogP contribution in [0.25, 0.3) is 0 Å². The van der Waals surface area contributed by atoms with Crippen LogP contribution in [-0.4, -0.2) is 36.2 Å². The Morgan fingerprint density at radius 2 is 2.13 bits per heavy atom. The maximum absolute atomic E-state index is 12.7. The molecule has 3 heterocycles. The van der Waals surface area contributed by atoms with Crippen molar-refractivity contribution in [3.8, 4) is 0 Å². The summed E-state index contributed by atoms with van der Waals surface area (Å²) in [5, 5.41) is 0. The monoisotopic (exact) mass is 336 g/mol. The van der Waals surface area contributed by atoms with Crippen molar-refractivity contribution >= 4 is 10.0 Å². The Kier molecular flexibility index (Phi) is 4.74. The van der Waals surface area contributed by atoms with Crippen molar-refractivity contribution in [2.24, 2.45) is 13.0 Å². The molecule has 0 spiro atoms. The average molecular weight is 336 g/mol. The number of sulfonamides is 1. The summed E-state index contributed by atoms with van der Waals surface area (Å²) in [5.41, 5.74) is 0. The molecule has 0 saturated carbocycles. The number of imidazole rings is 1. The Hall–Kier alpha value is -1.77. The molecule has 2 aromatic rings. The third kappa shape index (κ3) is 3.60. The van der Waals surface area contributed by atoms with Gasteiger partial charge in [0.25, 0.3) is 0 Å². The zero-order chi connectivity index (χ0) is 16.3. The van der Waals surface area contributed by atoms with Crippen LogP contribution < -0.4 is 4.72 Å². The molecule has 8 heteroatoms. The Morgan fingerprint density at radius 1 is 1.35 bits per heavy atom. The summed E-state index contributed by atoms with van der Waals surface area (Å²) in [6.45, 7) is 1.28. The van der Waals surface area contributed by atoms with Gasteiger partial charge >= 0.3 is 0 Å². The molecule has 23 heavy (non-hydrogen) atoms. The number of rotatable bonds is 5. The van der Waals surface area contributed by atoms with Gasteiger partial charge in [-0.15, -0.1) is 0 Å². The zero-order valence-electron chi connectivity index (χ0n) is 12.9. The molecule has 0 radical (unpaired) electrons. The van der Waals surface area contributed by atoms with Crippen LogP contribution in [0.3, 0.4) is 0 Å². The number of pyridine rings is 1. The number of nitrogens with one attached hydrogen (secondary N) is 1. The number of hydrogen-bond donors (Lipinski definition) is 1. The van der Waals surface area contributed by atoms with Gasteiger partial charge in [0.2, 0.25) is 10.0 Å². The molecular formula is C15H20N4O3S. The van der Waals surface area contributed by atoms with Gasteiger partial charge in [0.1, 0.15) is 10.7 Å². The van der Waals surface area contributed by atoms with Crippen LogP contribution in [0.15, 0.2) is 41.8 Å². The van der Waals surface area contributed by atoms with Gasteiger partial charge in [0.05, 0.1) is 6.04 Å². The molecule has 1 saturated heterocycles. The molecule has 1 atom stereocenters. The maximum atomic E-state index is 12.7. The van der Waals surface area contributed by atoms with Crippen molar-refractivity contribution < 1.29 is 13.2 Å². The number of aromatic nitrogens is 3. The summed E-state index contributed by atoms with van der Waals surface area (Å²) >= 11 is 0. The van der Waals surface area contributed by atoms with Crippen LogP contribution in [0, 0.1) is 5.92 Å². The van der Waals surface area contributed by atoms with Crippen LogP contribution >= 0.6 is 0 Å². The van der Waals surface area contributed by atoms with E-state index >= 15 is 0 Å². The largest absolute Gasteiger partial charge is 0.381 e. The normalized spacial score (nSPS) is 18.0. The van der Waals surface area contributed by atoms with Crippen LogP contribution in [0.1, 0.15) is 24.7 Å². The van der Waals surface area contributed by atoms with Gasteiger partial charge in [-0.1, -0.05) is 0 Å². The lowest BCUT2D eigenvalue weighted by molar-refractivity contribution is 0.0551. The van der Waals surface area contributed by atoms with Crippen molar-refractivity contribution in [2.45, 2.75) is 23.8 Å². The summed E-state index contributed by atoms with van der Waals surface area (Å²) in [5.74, 6) is 0.862. The minimum atomic E-state index is -3.66. The minimum absolute atomic E-state index is 0.149. The van der Waals surface area contributed by atoms with Crippen molar-refractivity contribution in [1.29, 1.82) is 0 Å². The van der Waals surface area contributed by atoms with E-state index in [1.807, 2.05) is 17.8 Å². The first-order valence-electron chi connectivity index (χ1n) is 7.55. The highest BCUT2D eigenvalue weighted by Gasteiger charge is 2.32. The third-order valence-corrected chi connectivity index (χ3v) is 5.53. The lowest BCUT2D eigenvalue weighted by Gasteiger charge is -2.30. The summed E-state index contributed by atoms with van der Waals surface area (Å²) in [6.07, 6.45) is 8.00. The fourth-order valence-electron chi connectivity index (χ4n) is 2.83. The van der Waals surface area contributed by atoms with E-state index in [4.69, 9.17) is 4.74 Å². The molecule has 0 unspecified atom stereocenters. The molecule has 1 N–H and O–H groups in total. The van der Waals surface area contributed by atoms with Crippen LogP contribution in [-0.2, 0) is 21.8 Å². The molecule has 1 fully saturated rings. The Balaban J connectivity index is 1.91. The predicted octanol–water partition coefficient (Wildman–Crippen LogP) is 1.26. The van der Waals surface area contributed by atoms with E-state index in [1.165, 1.54) is 12.3 Å². The zero-order valence-corrected chi connectivity index (χ0v) is 13.7. The first-order chi connectivity index (χ1) is 11.1. The first kappa shape index (κ1) is 16.1. The molecule has 7 nitrogen and oxygen atoms in total. The molecule has 0 aromatic carbocycles. The van der Waals surface area contributed by atoms with E-state index in [2.05, 4.69) is 14.7 Å². The van der Waals surface area contributed by atoms with Crippen molar-refractivity contribution in [2.75, 3.05) is 13.2 Å². The molecule has 2 aromatic heterocycles. The molecular weight excluding hydrogens is 316 g/mol. The number of aryl methyl sites for hydroxylation is 1. The standard InChI is InChI=1S/C15H20N4O3S/c1-19-8-7-17-15(19)14(12-4-9-22-10-5-12)18-23(20,21)13-3-2-6-16-11-13/h2-3,6-8,11-12,14,18H,4-5,9-10H2,1H3/t14-/m1/s1. The highest BCUT2D eigenvalue weighted by molar-refractivity contribution is 7.89. The first-order valence-corrected chi connectivity index (χ1v) is 9.03. The Bertz CT molecular complexity index is 739. The summed E-state index contributed by atoms with van der Waals surface area (Å²) in [7, 11) is -1.79. The third-order valence-electron chi connectivity index (χ3n) is 4.10. The second kappa shape index (κ2) is 6.77. The second-order valence-electron chi connectivity index (χ2n) is 5.63. The molecule has 1 aliphatic heterocycles. The van der Waals surface area contributed by atoms with E-state index in [0.29, 0.717) is 19.0 Å². The molecule has 0 amide bonds. The van der Waals surface area contributed by atoms with Crippen LogP contribution in [0.5, 0.6) is 0 Å². The molecule has 0 bridgehead atoms. The maximum Gasteiger partial charge on any atom is 0.242 e. The van der Waals surface area contributed by atoms with Gasteiger partial charge in [-0.3, -0.25) is 4.98 Å². The highest BCUT2D eigenvalue weighted by atomic mass is 32.2. The molecule has 0 aliphatic carbocycles.